The molecule has 1 heterocycles. The van der Waals surface area contributed by atoms with Crippen molar-refractivity contribution in [1.29, 1.82) is 0 Å². The van der Waals surface area contributed by atoms with Gasteiger partial charge >= 0.3 is 0 Å². The van der Waals surface area contributed by atoms with E-state index in [-0.39, 0.29) is 21.5 Å². The van der Waals surface area contributed by atoms with Gasteiger partial charge in [-0.15, -0.1) is 0 Å². The number of nitrogens with one attached hydrogen (secondary N) is 1. The molecule has 0 aliphatic rings. The summed E-state index contributed by atoms with van der Waals surface area (Å²) in [5, 5.41) is 3.08. The van der Waals surface area contributed by atoms with Crippen molar-refractivity contribution in [3.05, 3.63) is 93.6 Å². The Balaban J connectivity index is 1.82. The van der Waals surface area contributed by atoms with Gasteiger partial charge in [-0.2, -0.15) is 0 Å². The zero-order valence-electron chi connectivity index (χ0n) is 19.2. The number of anilines is 1. The van der Waals surface area contributed by atoms with Gasteiger partial charge in [-0.3, -0.25) is 9.59 Å². The van der Waals surface area contributed by atoms with E-state index in [9.17, 15) is 18.0 Å². The third kappa shape index (κ3) is 4.13. The van der Waals surface area contributed by atoms with Crippen LogP contribution in [-0.2, 0) is 10.0 Å². The molecular weight excluding hydrogens is 452 g/mol. The van der Waals surface area contributed by atoms with Crippen LogP contribution < -0.4 is 10.7 Å². The van der Waals surface area contributed by atoms with Gasteiger partial charge in [0.1, 0.15) is 5.76 Å². The van der Waals surface area contributed by atoms with Gasteiger partial charge in [-0.25, -0.2) is 12.7 Å². The molecule has 1 N–H and O–H groups in total. The molecule has 0 aliphatic heterocycles. The zero-order valence-corrected chi connectivity index (χ0v) is 20.1. The molecule has 0 unspecified atom stereocenters. The van der Waals surface area contributed by atoms with Gasteiger partial charge in [-0.1, -0.05) is 42.5 Å². The van der Waals surface area contributed by atoms with Gasteiger partial charge in [0.05, 0.1) is 15.8 Å². The number of nitrogens with zero attached hydrogens (tertiary/aromatic N) is 1. The predicted octanol–water partition coefficient (Wildman–Crippen LogP) is 4.58. The van der Waals surface area contributed by atoms with Crippen LogP contribution in [0.15, 0.2) is 80.8 Å². The van der Waals surface area contributed by atoms with E-state index < -0.39 is 15.9 Å². The Hall–Kier alpha value is -3.75. The average Bonchev–Trinajstić information content (AvgIpc) is 2.82. The number of para-hydroxylation sites is 1. The van der Waals surface area contributed by atoms with E-state index >= 15 is 0 Å². The van der Waals surface area contributed by atoms with Crippen molar-refractivity contribution in [2.75, 3.05) is 19.4 Å². The van der Waals surface area contributed by atoms with Crippen LogP contribution in [0, 0.1) is 13.8 Å². The highest BCUT2D eigenvalue weighted by Gasteiger charge is 2.21. The predicted molar refractivity (Wildman–Crippen MR) is 133 cm³/mol. The van der Waals surface area contributed by atoms with E-state index in [0.29, 0.717) is 28.0 Å². The minimum Gasteiger partial charge on any atom is -0.455 e. The van der Waals surface area contributed by atoms with E-state index in [0.717, 1.165) is 9.87 Å². The lowest BCUT2D eigenvalue weighted by molar-refractivity contribution is 0.102. The molecule has 0 atom stereocenters. The van der Waals surface area contributed by atoms with Crippen LogP contribution in [0.25, 0.3) is 22.3 Å². The standard InChI is InChI=1S/C26H24N2O5S/c1-16-13-14-19(34(31,32)28(3)4)15-22(16)27-26(30)21-12-8-11-20-23(29)17(2)24(33-25(20)21)18-9-6-5-7-10-18/h5-15H,1-4H3,(H,27,30). The number of amides is 1. The summed E-state index contributed by atoms with van der Waals surface area (Å²) in [7, 11) is -0.791. The van der Waals surface area contributed by atoms with Gasteiger partial charge in [0.2, 0.25) is 10.0 Å². The van der Waals surface area contributed by atoms with Crippen molar-refractivity contribution < 1.29 is 17.6 Å². The summed E-state index contributed by atoms with van der Waals surface area (Å²) >= 11 is 0. The number of rotatable bonds is 5. The summed E-state index contributed by atoms with van der Waals surface area (Å²) in [5.41, 5.74) is 2.35. The highest BCUT2D eigenvalue weighted by Crippen LogP contribution is 2.28. The Morgan fingerprint density at radius 3 is 2.32 bits per heavy atom. The summed E-state index contributed by atoms with van der Waals surface area (Å²) in [5.74, 6) is -0.118. The molecule has 0 aliphatic carbocycles. The summed E-state index contributed by atoms with van der Waals surface area (Å²) in [6.07, 6.45) is 0. The SMILES string of the molecule is Cc1ccc(S(=O)(=O)N(C)C)cc1NC(=O)c1cccc2c(=O)c(C)c(-c3ccccc3)oc12. The summed E-state index contributed by atoms with van der Waals surface area (Å²) in [6.45, 7) is 3.46. The van der Waals surface area contributed by atoms with Gasteiger partial charge in [0.15, 0.2) is 11.0 Å². The molecule has 4 rings (SSSR count). The van der Waals surface area contributed by atoms with E-state index in [4.69, 9.17) is 4.42 Å². The second kappa shape index (κ2) is 8.89. The molecule has 0 radical (unpaired) electrons. The van der Waals surface area contributed by atoms with Crippen molar-refractivity contribution in [2.24, 2.45) is 0 Å². The molecule has 4 aromatic rings. The Kier molecular flexibility index (Phi) is 6.12. The van der Waals surface area contributed by atoms with Gasteiger partial charge in [0.25, 0.3) is 5.91 Å². The molecule has 1 amide bonds. The van der Waals surface area contributed by atoms with E-state index in [1.54, 1.807) is 38.1 Å². The van der Waals surface area contributed by atoms with Crippen LogP contribution in [0.1, 0.15) is 21.5 Å². The molecule has 0 saturated heterocycles. The molecule has 1 aromatic heterocycles. The number of fused-ring (bicyclic) bond motifs is 1. The highest BCUT2D eigenvalue weighted by atomic mass is 32.2. The average molecular weight is 477 g/mol. The maximum absolute atomic E-state index is 13.3. The fraction of sp³-hybridized carbons (Fsp3) is 0.154. The maximum Gasteiger partial charge on any atom is 0.259 e. The molecule has 0 spiro atoms. The first-order valence-electron chi connectivity index (χ1n) is 10.6. The topological polar surface area (TPSA) is 96.7 Å². The van der Waals surface area contributed by atoms with Crippen LogP contribution in [0.4, 0.5) is 5.69 Å². The Morgan fingerprint density at radius 2 is 1.65 bits per heavy atom. The van der Waals surface area contributed by atoms with Crippen molar-refractivity contribution in [3.8, 4) is 11.3 Å². The molecular formula is C26H24N2O5S. The quantitative estimate of drug-likeness (QED) is 0.455. The van der Waals surface area contributed by atoms with E-state index in [2.05, 4.69) is 5.32 Å². The maximum atomic E-state index is 13.3. The van der Waals surface area contributed by atoms with E-state index in [1.807, 2.05) is 30.3 Å². The number of carbonyl (C=O) groups is 1. The fourth-order valence-electron chi connectivity index (χ4n) is 3.65. The Morgan fingerprint density at radius 1 is 0.941 bits per heavy atom. The molecule has 3 aromatic carbocycles. The van der Waals surface area contributed by atoms with Crippen molar-refractivity contribution in [1.82, 2.24) is 4.31 Å². The molecule has 0 saturated carbocycles. The number of hydrogen-bond donors (Lipinski definition) is 1. The normalized spacial score (nSPS) is 11.7. The largest absolute Gasteiger partial charge is 0.455 e. The lowest BCUT2D eigenvalue weighted by Gasteiger charge is -2.15. The summed E-state index contributed by atoms with van der Waals surface area (Å²) in [4.78, 5) is 26.4. The Bertz CT molecular complexity index is 1570. The lowest BCUT2D eigenvalue weighted by Crippen LogP contribution is -2.22. The van der Waals surface area contributed by atoms with Crippen LogP contribution in [0.2, 0.25) is 0 Å². The van der Waals surface area contributed by atoms with Gasteiger partial charge in [0, 0.05) is 30.9 Å². The second-order valence-electron chi connectivity index (χ2n) is 8.15. The molecule has 0 bridgehead atoms. The van der Waals surface area contributed by atoms with Crippen molar-refractivity contribution in [2.45, 2.75) is 18.7 Å². The van der Waals surface area contributed by atoms with Gasteiger partial charge in [-0.05, 0) is 43.7 Å². The van der Waals surface area contributed by atoms with Crippen LogP contribution in [0.5, 0.6) is 0 Å². The molecule has 174 valence electrons. The zero-order chi connectivity index (χ0) is 24.6. The first kappa shape index (κ1) is 23.4. The van der Waals surface area contributed by atoms with Crippen molar-refractivity contribution >= 4 is 32.6 Å². The minimum atomic E-state index is -3.68. The van der Waals surface area contributed by atoms with E-state index in [1.165, 1.54) is 26.2 Å². The molecule has 8 heteroatoms. The first-order valence-corrected chi connectivity index (χ1v) is 12.0. The number of benzene rings is 3. The van der Waals surface area contributed by atoms with Crippen molar-refractivity contribution in [3.63, 3.8) is 0 Å². The highest BCUT2D eigenvalue weighted by molar-refractivity contribution is 7.89. The first-order chi connectivity index (χ1) is 16.1. The molecule has 34 heavy (non-hydrogen) atoms. The monoisotopic (exact) mass is 476 g/mol. The lowest BCUT2D eigenvalue weighted by atomic mass is 10.0. The molecule has 7 nitrogen and oxygen atoms in total. The number of hydrogen-bond acceptors (Lipinski definition) is 5. The third-order valence-electron chi connectivity index (χ3n) is 5.66. The fourth-order valence-corrected chi connectivity index (χ4v) is 4.58. The van der Waals surface area contributed by atoms with Crippen LogP contribution in [0.3, 0.4) is 0 Å². The number of sulfonamides is 1. The number of carbonyl (C=O) groups excluding carboxylic acids is 1. The van der Waals surface area contributed by atoms with Crippen LogP contribution in [-0.4, -0.2) is 32.7 Å². The smallest absolute Gasteiger partial charge is 0.259 e. The van der Waals surface area contributed by atoms with Gasteiger partial charge < -0.3 is 9.73 Å². The minimum absolute atomic E-state index is 0.0600. The van der Waals surface area contributed by atoms with Crippen LogP contribution >= 0.6 is 0 Å². The number of aryl methyl sites for hydroxylation is 1. The third-order valence-corrected chi connectivity index (χ3v) is 7.47. The molecule has 0 fully saturated rings. The summed E-state index contributed by atoms with van der Waals surface area (Å²) in [6, 6.07) is 18.6. The summed E-state index contributed by atoms with van der Waals surface area (Å²) < 4.78 is 32.3. The second-order valence-corrected chi connectivity index (χ2v) is 10.3. The Labute approximate surface area is 197 Å².